The molecule has 2 N–H and O–H groups in total. The Bertz CT molecular complexity index is 333. The summed E-state index contributed by atoms with van der Waals surface area (Å²) in [6, 6.07) is 0. The number of aliphatic hydroxyl groups excluding tert-OH is 1. The van der Waals surface area contributed by atoms with Crippen molar-refractivity contribution in [1.29, 1.82) is 0 Å². The number of carboxylic acid groups (broad SMARTS) is 1. The number of carboxylic acids is 1. The van der Waals surface area contributed by atoms with Crippen LogP contribution in [0.1, 0.15) is 31.9 Å². The number of rotatable bonds is 5. The molecule has 0 spiro atoms. The van der Waals surface area contributed by atoms with Gasteiger partial charge in [-0.1, -0.05) is 13.8 Å². The van der Waals surface area contributed by atoms with Gasteiger partial charge < -0.3 is 10.2 Å². The van der Waals surface area contributed by atoms with Gasteiger partial charge in [-0.05, 0) is 5.92 Å². The maximum Gasteiger partial charge on any atom is 0.306 e. The third-order valence-electron chi connectivity index (χ3n) is 1.96. The zero-order valence-electron chi connectivity index (χ0n) is 8.92. The molecule has 0 aliphatic heterocycles. The van der Waals surface area contributed by atoms with Crippen molar-refractivity contribution in [3.63, 3.8) is 0 Å². The van der Waals surface area contributed by atoms with Gasteiger partial charge in [0.25, 0.3) is 0 Å². The maximum absolute atomic E-state index is 10.4. The lowest BCUT2D eigenvalue weighted by atomic mass is 10.1. The molecule has 1 rings (SSSR count). The first-order valence-electron chi connectivity index (χ1n) is 4.91. The molecule has 0 unspecified atom stereocenters. The van der Waals surface area contributed by atoms with Crippen LogP contribution in [-0.2, 0) is 11.3 Å². The fourth-order valence-electron chi connectivity index (χ4n) is 1.31. The summed E-state index contributed by atoms with van der Waals surface area (Å²) >= 11 is 0. The minimum Gasteiger partial charge on any atom is -0.481 e. The van der Waals surface area contributed by atoms with Gasteiger partial charge in [-0.25, -0.2) is 0 Å². The van der Waals surface area contributed by atoms with Gasteiger partial charge in [0, 0.05) is 18.3 Å². The third-order valence-corrected chi connectivity index (χ3v) is 1.96. The van der Waals surface area contributed by atoms with E-state index in [9.17, 15) is 9.90 Å². The number of nitrogens with zero attached hydrogens (tertiary/aromatic N) is 2. The Hall–Kier alpha value is -1.36. The van der Waals surface area contributed by atoms with E-state index in [1.165, 1.54) is 6.20 Å². The van der Waals surface area contributed by atoms with Crippen molar-refractivity contribution in [3.05, 3.63) is 18.0 Å². The number of hydrogen-bond acceptors (Lipinski definition) is 3. The van der Waals surface area contributed by atoms with E-state index in [0.29, 0.717) is 11.5 Å². The Morgan fingerprint density at radius 1 is 1.60 bits per heavy atom. The molecule has 15 heavy (non-hydrogen) atoms. The average molecular weight is 212 g/mol. The second kappa shape index (κ2) is 4.93. The molecule has 0 aromatic carbocycles. The monoisotopic (exact) mass is 212 g/mol. The predicted molar refractivity (Wildman–Crippen MR) is 54.3 cm³/mol. The predicted octanol–water partition coefficient (Wildman–Crippen LogP) is 1.05. The molecule has 5 nitrogen and oxygen atoms in total. The minimum absolute atomic E-state index is 0.284. The number of aromatic nitrogens is 2. The van der Waals surface area contributed by atoms with Crippen LogP contribution in [0.5, 0.6) is 0 Å². The average Bonchev–Trinajstić information content (AvgIpc) is 2.50. The standard InChI is InChI=1S/C10H16N2O3/c1-7(2)5-12-6-8(4-11-12)9(13)3-10(14)15/h4,6-7,9,13H,3,5H2,1-2H3,(H,14,15)/t9-/m0/s1. The highest BCUT2D eigenvalue weighted by Crippen LogP contribution is 2.15. The fourth-order valence-corrected chi connectivity index (χ4v) is 1.31. The van der Waals surface area contributed by atoms with Crippen LogP contribution >= 0.6 is 0 Å². The van der Waals surface area contributed by atoms with E-state index in [2.05, 4.69) is 18.9 Å². The van der Waals surface area contributed by atoms with Crippen LogP contribution in [0, 0.1) is 5.92 Å². The van der Waals surface area contributed by atoms with Gasteiger partial charge >= 0.3 is 5.97 Å². The van der Waals surface area contributed by atoms with E-state index in [4.69, 9.17) is 5.11 Å². The van der Waals surface area contributed by atoms with Crippen LogP contribution in [-0.4, -0.2) is 26.0 Å². The zero-order chi connectivity index (χ0) is 11.4. The van der Waals surface area contributed by atoms with Crippen LogP contribution in [0.15, 0.2) is 12.4 Å². The SMILES string of the molecule is CC(C)Cn1cc([C@@H](O)CC(=O)O)cn1. The number of aliphatic carboxylic acids is 1. The lowest BCUT2D eigenvalue weighted by Gasteiger charge is -2.05. The van der Waals surface area contributed by atoms with Gasteiger partial charge in [-0.15, -0.1) is 0 Å². The van der Waals surface area contributed by atoms with Crippen molar-refractivity contribution in [2.45, 2.75) is 32.9 Å². The van der Waals surface area contributed by atoms with Crippen LogP contribution in [0.2, 0.25) is 0 Å². The maximum atomic E-state index is 10.4. The number of carbonyl (C=O) groups is 1. The summed E-state index contributed by atoms with van der Waals surface area (Å²) < 4.78 is 1.71. The molecule has 0 saturated heterocycles. The Morgan fingerprint density at radius 2 is 2.27 bits per heavy atom. The molecular weight excluding hydrogens is 196 g/mol. The van der Waals surface area contributed by atoms with Gasteiger partial charge in [0.1, 0.15) is 0 Å². The smallest absolute Gasteiger partial charge is 0.306 e. The molecule has 0 saturated carbocycles. The molecule has 0 fully saturated rings. The highest BCUT2D eigenvalue weighted by atomic mass is 16.4. The van der Waals surface area contributed by atoms with Gasteiger partial charge in [0.05, 0.1) is 18.7 Å². The minimum atomic E-state index is -1.01. The van der Waals surface area contributed by atoms with E-state index in [-0.39, 0.29) is 6.42 Å². The zero-order valence-corrected chi connectivity index (χ0v) is 8.92. The fraction of sp³-hybridized carbons (Fsp3) is 0.600. The summed E-state index contributed by atoms with van der Waals surface area (Å²) in [5.41, 5.74) is 0.554. The highest BCUT2D eigenvalue weighted by molar-refractivity contribution is 5.67. The summed E-state index contributed by atoms with van der Waals surface area (Å²) in [6.45, 7) is 4.89. The quantitative estimate of drug-likeness (QED) is 0.764. The van der Waals surface area contributed by atoms with E-state index < -0.39 is 12.1 Å². The number of aliphatic hydroxyl groups is 1. The van der Waals surface area contributed by atoms with E-state index in [1.54, 1.807) is 10.9 Å². The van der Waals surface area contributed by atoms with Crippen molar-refractivity contribution in [2.75, 3.05) is 0 Å². The van der Waals surface area contributed by atoms with Crippen LogP contribution in [0.25, 0.3) is 0 Å². The van der Waals surface area contributed by atoms with Gasteiger partial charge in [-0.3, -0.25) is 9.48 Å². The molecule has 1 aromatic heterocycles. The Morgan fingerprint density at radius 3 is 2.80 bits per heavy atom. The van der Waals surface area contributed by atoms with Gasteiger partial charge in [0.2, 0.25) is 0 Å². The highest BCUT2D eigenvalue weighted by Gasteiger charge is 2.14. The second-order valence-corrected chi connectivity index (χ2v) is 4.00. The summed E-state index contributed by atoms with van der Waals surface area (Å²) in [6.07, 6.45) is 1.94. The topological polar surface area (TPSA) is 75.4 Å². The van der Waals surface area contributed by atoms with E-state index in [0.717, 1.165) is 6.54 Å². The molecule has 84 valence electrons. The largest absolute Gasteiger partial charge is 0.481 e. The molecule has 0 aliphatic rings. The van der Waals surface area contributed by atoms with Crippen molar-refractivity contribution in [2.24, 2.45) is 5.92 Å². The van der Waals surface area contributed by atoms with E-state index >= 15 is 0 Å². The third kappa shape index (κ3) is 3.71. The molecule has 0 radical (unpaired) electrons. The first-order chi connectivity index (χ1) is 6.99. The molecule has 0 aliphatic carbocycles. The Balaban J connectivity index is 2.62. The number of hydrogen-bond donors (Lipinski definition) is 2. The van der Waals surface area contributed by atoms with Crippen molar-refractivity contribution < 1.29 is 15.0 Å². The Kier molecular flexibility index (Phi) is 3.85. The summed E-state index contributed by atoms with van der Waals surface area (Å²) in [4.78, 5) is 10.4. The van der Waals surface area contributed by atoms with Crippen LogP contribution < -0.4 is 0 Å². The summed E-state index contributed by atoms with van der Waals surface area (Å²) in [7, 11) is 0. The molecule has 0 bridgehead atoms. The molecule has 1 atom stereocenters. The van der Waals surface area contributed by atoms with Crippen molar-refractivity contribution in [1.82, 2.24) is 9.78 Å². The first kappa shape index (κ1) is 11.7. The Labute approximate surface area is 88.3 Å². The molecular formula is C10H16N2O3. The lowest BCUT2D eigenvalue weighted by molar-refractivity contribution is -0.139. The van der Waals surface area contributed by atoms with Gasteiger partial charge in [-0.2, -0.15) is 5.10 Å². The van der Waals surface area contributed by atoms with Crippen molar-refractivity contribution in [3.8, 4) is 0 Å². The van der Waals surface area contributed by atoms with Crippen molar-refractivity contribution >= 4 is 5.97 Å². The summed E-state index contributed by atoms with van der Waals surface area (Å²) in [5, 5.41) is 22.1. The van der Waals surface area contributed by atoms with Gasteiger partial charge in [0.15, 0.2) is 0 Å². The normalized spacial score (nSPS) is 13.1. The first-order valence-corrected chi connectivity index (χ1v) is 4.91. The molecule has 0 amide bonds. The summed E-state index contributed by atoms with van der Waals surface area (Å²) in [5.74, 6) is -0.548. The molecule has 1 heterocycles. The second-order valence-electron chi connectivity index (χ2n) is 4.00. The molecule has 1 aromatic rings. The van der Waals surface area contributed by atoms with Crippen LogP contribution in [0.3, 0.4) is 0 Å². The molecule has 5 heteroatoms. The van der Waals surface area contributed by atoms with E-state index in [1.807, 2.05) is 0 Å². The lowest BCUT2D eigenvalue weighted by Crippen LogP contribution is -2.06. The van der Waals surface area contributed by atoms with Crippen LogP contribution in [0.4, 0.5) is 0 Å².